The molecule has 1 aliphatic heterocycles. The lowest BCUT2D eigenvalue weighted by atomic mass is 10.0. The first-order valence-electron chi connectivity index (χ1n) is 13.3. The molecule has 3 aromatic carbocycles. The van der Waals surface area contributed by atoms with Crippen molar-refractivity contribution in [1.82, 2.24) is 10.2 Å². The summed E-state index contributed by atoms with van der Waals surface area (Å²) in [5, 5.41) is 3.03. The van der Waals surface area contributed by atoms with E-state index in [1.54, 1.807) is 0 Å². The molecule has 0 aromatic heterocycles. The first kappa shape index (κ1) is 28.5. The van der Waals surface area contributed by atoms with Gasteiger partial charge in [-0.3, -0.25) is 9.59 Å². The maximum Gasteiger partial charge on any atom is 0.246 e. The van der Waals surface area contributed by atoms with E-state index in [4.69, 9.17) is 14.2 Å². The van der Waals surface area contributed by atoms with Gasteiger partial charge in [-0.05, 0) is 37.5 Å². The molecule has 0 saturated carbocycles. The summed E-state index contributed by atoms with van der Waals surface area (Å²) in [4.78, 5) is 27.7. The van der Waals surface area contributed by atoms with Crippen LogP contribution in [0.25, 0.3) is 0 Å². The maximum atomic E-state index is 13.6. The van der Waals surface area contributed by atoms with E-state index in [1.807, 2.05) is 112 Å². The molecule has 7 nitrogen and oxygen atoms in total. The highest BCUT2D eigenvalue weighted by molar-refractivity contribution is 5.86. The van der Waals surface area contributed by atoms with Crippen LogP contribution in [0.4, 0.5) is 0 Å². The number of rotatable bonds is 12. The Kier molecular flexibility index (Phi) is 9.87. The van der Waals surface area contributed by atoms with Gasteiger partial charge >= 0.3 is 0 Å². The summed E-state index contributed by atoms with van der Waals surface area (Å²) in [5.74, 6) is -0.286. The van der Waals surface area contributed by atoms with Crippen molar-refractivity contribution in [3.05, 3.63) is 108 Å². The smallest absolute Gasteiger partial charge is 0.246 e. The van der Waals surface area contributed by atoms with E-state index < -0.39 is 29.8 Å². The molecule has 0 spiro atoms. The number of likely N-dealkylation sites (tertiary alicyclic amines) is 1. The lowest BCUT2D eigenvalue weighted by molar-refractivity contribution is -0.138. The first-order valence-corrected chi connectivity index (χ1v) is 13.3. The van der Waals surface area contributed by atoms with Crippen LogP contribution in [0.1, 0.15) is 37.5 Å². The minimum atomic E-state index is -0.878. The summed E-state index contributed by atoms with van der Waals surface area (Å²) >= 11 is 0. The molecular weight excluding hydrogens is 492 g/mol. The van der Waals surface area contributed by atoms with Gasteiger partial charge in [-0.2, -0.15) is 0 Å². The van der Waals surface area contributed by atoms with Crippen LogP contribution in [0.2, 0.25) is 0 Å². The third-order valence-electron chi connectivity index (χ3n) is 6.58. The molecule has 4 atom stereocenters. The Morgan fingerprint density at radius 2 is 1.23 bits per heavy atom. The number of hydrogen-bond donors (Lipinski definition) is 1. The van der Waals surface area contributed by atoms with Crippen LogP contribution in [0.15, 0.2) is 91.0 Å². The van der Waals surface area contributed by atoms with Gasteiger partial charge < -0.3 is 24.4 Å². The van der Waals surface area contributed by atoms with Gasteiger partial charge in [-0.1, -0.05) is 91.0 Å². The second-order valence-electron chi connectivity index (χ2n) is 10.8. The summed E-state index contributed by atoms with van der Waals surface area (Å²) in [6, 6.07) is 28.0. The second-order valence-corrected chi connectivity index (χ2v) is 10.8. The van der Waals surface area contributed by atoms with Crippen molar-refractivity contribution < 1.29 is 23.8 Å². The fraction of sp³-hybridized carbons (Fsp3) is 0.375. The third kappa shape index (κ3) is 7.99. The SMILES string of the molecule is CC(C)(C)NC(=O)[C@H]1[C@@H](OCc2ccccc2)[C@@H](OCc2ccccc2)[C@@H](COCc2ccccc2)N1C=O. The second kappa shape index (κ2) is 13.5. The van der Waals surface area contributed by atoms with E-state index in [1.165, 1.54) is 4.90 Å². The Hall–Kier alpha value is -3.52. The average Bonchev–Trinajstić information content (AvgIpc) is 3.24. The van der Waals surface area contributed by atoms with Crippen molar-refractivity contribution in [3.63, 3.8) is 0 Å². The van der Waals surface area contributed by atoms with Gasteiger partial charge in [-0.15, -0.1) is 0 Å². The van der Waals surface area contributed by atoms with Crippen LogP contribution < -0.4 is 5.32 Å². The summed E-state index contributed by atoms with van der Waals surface area (Å²) in [6.45, 7) is 6.90. The highest BCUT2D eigenvalue weighted by atomic mass is 16.5. The third-order valence-corrected chi connectivity index (χ3v) is 6.58. The van der Waals surface area contributed by atoms with E-state index in [0.717, 1.165) is 16.7 Å². The van der Waals surface area contributed by atoms with Crippen molar-refractivity contribution in [2.24, 2.45) is 0 Å². The summed E-state index contributed by atoms with van der Waals surface area (Å²) in [7, 11) is 0. The minimum absolute atomic E-state index is 0.192. The topological polar surface area (TPSA) is 77.1 Å². The van der Waals surface area contributed by atoms with Crippen LogP contribution in [0.3, 0.4) is 0 Å². The highest BCUT2D eigenvalue weighted by Crippen LogP contribution is 2.32. The van der Waals surface area contributed by atoms with E-state index in [-0.39, 0.29) is 19.1 Å². The van der Waals surface area contributed by atoms with Crippen molar-refractivity contribution >= 4 is 12.3 Å². The Morgan fingerprint density at radius 1 is 0.769 bits per heavy atom. The van der Waals surface area contributed by atoms with Gasteiger partial charge in [0.25, 0.3) is 0 Å². The van der Waals surface area contributed by atoms with Crippen molar-refractivity contribution in [1.29, 1.82) is 0 Å². The molecule has 1 heterocycles. The van der Waals surface area contributed by atoms with Gasteiger partial charge in [0.15, 0.2) is 0 Å². The van der Waals surface area contributed by atoms with E-state index in [0.29, 0.717) is 19.6 Å². The number of carbonyl (C=O) groups is 2. The molecule has 0 aliphatic carbocycles. The number of nitrogens with zero attached hydrogens (tertiary/aromatic N) is 1. The summed E-state index contributed by atoms with van der Waals surface area (Å²) in [5.41, 5.74) is 2.49. The molecule has 1 N–H and O–H groups in total. The Balaban J connectivity index is 1.62. The van der Waals surface area contributed by atoms with Gasteiger partial charge in [0.05, 0.1) is 32.5 Å². The lowest BCUT2D eigenvalue weighted by Crippen LogP contribution is -2.54. The minimum Gasteiger partial charge on any atom is -0.375 e. The zero-order valence-corrected chi connectivity index (χ0v) is 22.9. The predicted octanol–water partition coefficient (Wildman–Crippen LogP) is 4.50. The first-order chi connectivity index (χ1) is 18.9. The van der Waals surface area contributed by atoms with Crippen LogP contribution in [-0.4, -0.2) is 53.7 Å². The number of hydrogen-bond acceptors (Lipinski definition) is 5. The van der Waals surface area contributed by atoms with Gasteiger partial charge in [0.2, 0.25) is 12.3 Å². The Morgan fingerprint density at radius 3 is 1.69 bits per heavy atom. The predicted molar refractivity (Wildman–Crippen MR) is 150 cm³/mol. The molecule has 1 fully saturated rings. The number of carbonyl (C=O) groups excluding carboxylic acids is 2. The van der Waals surface area contributed by atoms with Crippen molar-refractivity contribution in [2.45, 2.75) is 70.4 Å². The normalized spacial score (nSPS) is 21.1. The molecular formula is C32H38N2O5. The molecule has 0 unspecified atom stereocenters. The summed E-state index contributed by atoms with van der Waals surface area (Å²) in [6.07, 6.45) is -0.578. The number of amides is 2. The number of nitrogens with one attached hydrogen (secondary N) is 1. The fourth-order valence-corrected chi connectivity index (χ4v) is 4.79. The molecule has 7 heteroatoms. The number of ether oxygens (including phenoxy) is 3. The van der Waals surface area contributed by atoms with Crippen LogP contribution in [-0.2, 0) is 43.6 Å². The molecule has 1 saturated heterocycles. The Bertz CT molecular complexity index is 1170. The molecule has 2 amide bonds. The van der Waals surface area contributed by atoms with E-state index >= 15 is 0 Å². The fourth-order valence-electron chi connectivity index (χ4n) is 4.79. The number of benzene rings is 3. The lowest BCUT2D eigenvalue weighted by Gasteiger charge is -2.30. The van der Waals surface area contributed by atoms with Crippen LogP contribution in [0, 0.1) is 0 Å². The molecule has 3 aromatic rings. The molecule has 0 bridgehead atoms. The molecule has 4 rings (SSSR count). The van der Waals surface area contributed by atoms with Crippen molar-refractivity contribution in [3.8, 4) is 0 Å². The molecule has 206 valence electrons. The molecule has 39 heavy (non-hydrogen) atoms. The highest BCUT2D eigenvalue weighted by Gasteiger charge is 2.53. The van der Waals surface area contributed by atoms with Crippen LogP contribution >= 0.6 is 0 Å². The zero-order chi connectivity index (χ0) is 27.7. The van der Waals surface area contributed by atoms with E-state index in [2.05, 4.69) is 5.32 Å². The quantitative estimate of drug-likeness (QED) is 0.349. The Labute approximate surface area is 231 Å². The maximum absolute atomic E-state index is 13.6. The average molecular weight is 531 g/mol. The zero-order valence-electron chi connectivity index (χ0n) is 22.9. The van der Waals surface area contributed by atoms with E-state index in [9.17, 15) is 9.59 Å². The van der Waals surface area contributed by atoms with Crippen molar-refractivity contribution in [2.75, 3.05) is 6.61 Å². The van der Waals surface area contributed by atoms with Gasteiger partial charge in [0, 0.05) is 5.54 Å². The monoisotopic (exact) mass is 530 g/mol. The molecule has 1 aliphatic rings. The standard InChI is InChI=1S/C32H38N2O5/c1-32(2,3)33-31(36)28-30(39-21-26-17-11-6-12-18-26)29(38-20-25-15-9-5-10-16-25)27(34(28)23-35)22-37-19-24-13-7-4-8-14-24/h4-18,23,27-30H,19-22H2,1-3H3,(H,33,36)/t27-,28-,29+,30-/m1/s1. The van der Waals surface area contributed by atoms with Gasteiger partial charge in [0.1, 0.15) is 18.2 Å². The molecule has 0 radical (unpaired) electrons. The summed E-state index contributed by atoms with van der Waals surface area (Å²) < 4.78 is 19.0. The van der Waals surface area contributed by atoms with Crippen LogP contribution in [0.5, 0.6) is 0 Å². The largest absolute Gasteiger partial charge is 0.375 e. The van der Waals surface area contributed by atoms with Gasteiger partial charge in [-0.25, -0.2) is 0 Å².